The molecular formula is C21H28N2O2S. The number of methoxy groups -OCH3 is 1. The maximum atomic E-state index is 5.54. The number of thiocarbonyl (C=S) groups is 1. The van der Waals surface area contributed by atoms with Crippen LogP contribution < -0.4 is 20.1 Å². The van der Waals surface area contributed by atoms with E-state index in [4.69, 9.17) is 21.7 Å². The van der Waals surface area contributed by atoms with Crippen LogP contribution in [0.5, 0.6) is 11.5 Å². The molecule has 0 saturated heterocycles. The Labute approximate surface area is 161 Å². The van der Waals surface area contributed by atoms with Crippen molar-refractivity contribution in [3.8, 4) is 11.5 Å². The second-order valence-electron chi connectivity index (χ2n) is 6.51. The number of ether oxygens (including phenoxy) is 2. The Morgan fingerprint density at radius 2 is 1.81 bits per heavy atom. The quantitative estimate of drug-likeness (QED) is 0.626. The molecule has 0 aliphatic carbocycles. The third-order valence-electron chi connectivity index (χ3n) is 3.93. The van der Waals surface area contributed by atoms with E-state index < -0.39 is 0 Å². The molecule has 2 aromatic rings. The van der Waals surface area contributed by atoms with Crippen LogP contribution in [0.25, 0.3) is 0 Å². The molecule has 0 aliphatic rings. The van der Waals surface area contributed by atoms with Crippen LogP contribution >= 0.6 is 12.2 Å². The minimum absolute atomic E-state index is 0.135. The number of rotatable bonds is 8. The van der Waals surface area contributed by atoms with Gasteiger partial charge in [-0.2, -0.15) is 0 Å². The molecule has 1 unspecified atom stereocenters. The molecule has 0 bridgehead atoms. The second kappa shape index (κ2) is 10.0. The van der Waals surface area contributed by atoms with Gasteiger partial charge >= 0.3 is 0 Å². The lowest BCUT2D eigenvalue weighted by molar-refractivity contribution is 0.340. The van der Waals surface area contributed by atoms with Crippen molar-refractivity contribution in [3.63, 3.8) is 0 Å². The summed E-state index contributed by atoms with van der Waals surface area (Å²) in [6, 6.07) is 16.1. The molecular weight excluding hydrogens is 344 g/mol. The number of anilines is 1. The fourth-order valence-corrected chi connectivity index (χ4v) is 3.00. The summed E-state index contributed by atoms with van der Waals surface area (Å²) in [6.45, 7) is 7.03. The molecule has 0 saturated carbocycles. The Morgan fingerprint density at radius 3 is 2.42 bits per heavy atom. The summed E-state index contributed by atoms with van der Waals surface area (Å²) in [4.78, 5) is 0. The van der Waals surface area contributed by atoms with Gasteiger partial charge in [-0.25, -0.2) is 0 Å². The predicted molar refractivity (Wildman–Crippen MR) is 112 cm³/mol. The lowest BCUT2D eigenvalue weighted by Gasteiger charge is -2.23. The third kappa shape index (κ3) is 6.23. The zero-order valence-corrected chi connectivity index (χ0v) is 16.7. The number of nitrogens with one attached hydrogen (secondary N) is 2. The molecule has 2 aromatic carbocycles. The highest BCUT2D eigenvalue weighted by atomic mass is 32.1. The highest BCUT2D eigenvalue weighted by Crippen LogP contribution is 2.24. The Bertz CT molecular complexity index is 701. The Hall–Kier alpha value is -2.27. The minimum atomic E-state index is 0.135. The van der Waals surface area contributed by atoms with E-state index in [2.05, 4.69) is 36.6 Å². The summed E-state index contributed by atoms with van der Waals surface area (Å²) in [5.74, 6) is 2.22. The van der Waals surface area contributed by atoms with Crippen LogP contribution in [-0.2, 0) is 0 Å². The first kappa shape index (κ1) is 20.0. The van der Waals surface area contributed by atoms with Gasteiger partial charge in [0.05, 0.1) is 19.8 Å². The highest BCUT2D eigenvalue weighted by Gasteiger charge is 2.15. The van der Waals surface area contributed by atoms with E-state index >= 15 is 0 Å². The van der Waals surface area contributed by atoms with Crippen molar-refractivity contribution in [2.24, 2.45) is 5.92 Å². The summed E-state index contributed by atoms with van der Waals surface area (Å²) in [5.41, 5.74) is 2.10. The van der Waals surface area contributed by atoms with Crippen molar-refractivity contribution < 1.29 is 9.47 Å². The van der Waals surface area contributed by atoms with Crippen LogP contribution in [0.1, 0.15) is 38.8 Å². The Morgan fingerprint density at radius 1 is 1.08 bits per heavy atom. The Kier molecular flexibility index (Phi) is 7.73. The van der Waals surface area contributed by atoms with Gasteiger partial charge in [0.15, 0.2) is 5.11 Å². The standard InChI is InChI=1S/C21H28N2O2S/c1-5-25-19-8-6-7-17(14-19)22-21(26)23-20(13-15(2)3)16-9-11-18(24-4)12-10-16/h6-12,14-15,20H,5,13H2,1-4H3,(H2,22,23,26). The molecule has 0 aromatic heterocycles. The van der Waals surface area contributed by atoms with Crippen LogP contribution in [0.2, 0.25) is 0 Å². The second-order valence-corrected chi connectivity index (χ2v) is 6.92. The van der Waals surface area contributed by atoms with Crippen LogP contribution in [0.3, 0.4) is 0 Å². The van der Waals surface area contributed by atoms with Crippen molar-refractivity contribution in [1.82, 2.24) is 5.32 Å². The van der Waals surface area contributed by atoms with Gasteiger partial charge in [-0.1, -0.05) is 32.0 Å². The topological polar surface area (TPSA) is 42.5 Å². The Balaban J connectivity index is 2.06. The fraction of sp³-hybridized carbons (Fsp3) is 0.381. The first-order chi connectivity index (χ1) is 12.5. The smallest absolute Gasteiger partial charge is 0.171 e. The molecule has 26 heavy (non-hydrogen) atoms. The van der Waals surface area contributed by atoms with Crippen molar-refractivity contribution in [1.29, 1.82) is 0 Å². The van der Waals surface area contributed by atoms with Gasteiger partial charge in [-0.05, 0) is 61.3 Å². The average molecular weight is 373 g/mol. The number of benzene rings is 2. The van der Waals surface area contributed by atoms with Crippen LogP contribution in [0.15, 0.2) is 48.5 Å². The largest absolute Gasteiger partial charge is 0.497 e. The summed E-state index contributed by atoms with van der Waals surface area (Å²) in [5, 5.41) is 7.29. The molecule has 4 nitrogen and oxygen atoms in total. The fourth-order valence-electron chi connectivity index (χ4n) is 2.74. The lowest BCUT2D eigenvalue weighted by Crippen LogP contribution is -2.33. The first-order valence-corrected chi connectivity index (χ1v) is 9.37. The SMILES string of the molecule is CCOc1cccc(NC(=S)NC(CC(C)C)c2ccc(OC)cc2)c1. The average Bonchev–Trinajstić information content (AvgIpc) is 2.61. The van der Waals surface area contributed by atoms with Gasteiger partial charge in [0.2, 0.25) is 0 Å². The summed E-state index contributed by atoms with van der Waals surface area (Å²) in [7, 11) is 1.67. The molecule has 2 rings (SSSR count). The highest BCUT2D eigenvalue weighted by molar-refractivity contribution is 7.80. The van der Waals surface area contributed by atoms with E-state index in [9.17, 15) is 0 Å². The van der Waals surface area contributed by atoms with E-state index in [1.165, 1.54) is 5.56 Å². The van der Waals surface area contributed by atoms with E-state index in [1.54, 1.807) is 7.11 Å². The normalized spacial score (nSPS) is 11.7. The van der Waals surface area contributed by atoms with E-state index in [0.29, 0.717) is 17.6 Å². The molecule has 0 spiro atoms. The molecule has 1 atom stereocenters. The monoisotopic (exact) mass is 372 g/mol. The van der Waals surface area contributed by atoms with Crippen LogP contribution in [0.4, 0.5) is 5.69 Å². The van der Waals surface area contributed by atoms with Crippen molar-refractivity contribution in [3.05, 3.63) is 54.1 Å². The van der Waals surface area contributed by atoms with Crippen LogP contribution in [0, 0.1) is 5.92 Å². The summed E-state index contributed by atoms with van der Waals surface area (Å²) in [6.07, 6.45) is 0.979. The molecule has 0 heterocycles. The van der Waals surface area contributed by atoms with Gasteiger partial charge < -0.3 is 20.1 Å². The molecule has 2 N–H and O–H groups in total. The molecule has 0 aliphatic heterocycles. The van der Waals surface area contributed by atoms with Gasteiger partial charge in [0.1, 0.15) is 11.5 Å². The van der Waals surface area contributed by atoms with Crippen molar-refractivity contribution >= 4 is 23.0 Å². The zero-order valence-electron chi connectivity index (χ0n) is 15.9. The lowest BCUT2D eigenvalue weighted by atomic mass is 9.97. The van der Waals surface area contributed by atoms with E-state index in [0.717, 1.165) is 23.6 Å². The van der Waals surface area contributed by atoms with E-state index in [-0.39, 0.29) is 6.04 Å². The predicted octanol–water partition coefficient (Wildman–Crippen LogP) is 5.17. The number of hydrogen-bond donors (Lipinski definition) is 2. The molecule has 0 amide bonds. The summed E-state index contributed by atoms with van der Waals surface area (Å²) >= 11 is 5.53. The van der Waals surface area contributed by atoms with E-state index in [1.807, 2.05) is 43.3 Å². The van der Waals surface area contributed by atoms with Gasteiger partial charge in [0, 0.05) is 11.8 Å². The minimum Gasteiger partial charge on any atom is -0.497 e. The molecule has 0 radical (unpaired) electrons. The first-order valence-electron chi connectivity index (χ1n) is 8.96. The molecule has 140 valence electrons. The number of hydrogen-bond acceptors (Lipinski definition) is 3. The third-order valence-corrected chi connectivity index (χ3v) is 4.15. The van der Waals surface area contributed by atoms with Gasteiger partial charge in [-0.15, -0.1) is 0 Å². The van der Waals surface area contributed by atoms with Gasteiger partial charge in [-0.3, -0.25) is 0 Å². The van der Waals surface area contributed by atoms with Crippen molar-refractivity contribution in [2.45, 2.75) is 33.2 Å². The molecule has 0 fully saturated rings. The van der Waals surface area contributed by atoms with Crippen molar-refractivity contribution in [2.75, 3.05) is 19.0 Å². The summed E-state index contributed by atoms with van der Waals surface area (Å²) < 4.78 is 10.8. The van der Waals surface area contributed by atoms with Crippen LogP contribution in [-0.4, -0.2) is 18.8 Å². The molecule has 5 heteroatoms. The maximum absolute atomic E-state index is 5.54. The maximum Gasteiger partial charge on any atom is 0.171 e. The zero-order chi connectivity index (χ0) is 18.9. The van der Waals surface area contributed by atoms with Gasteiger partial charge in [0.25, 0.3) is 0 Å².